The van der Waals surface area contributed by atoms with Crippen LogP contribution >= 0.6 is 0 Å². The number of hydrogen-bond acceptors (Lipinski definition) is 4. The number of pyridine rings is 2. The molecule has 0 atom stereocenters. The Morgan fingerprint density at radius 3 is 2.75 bits per heavy atom. The molecule has 0 saturated carbocycles. The molecule has 0 unspecified atom stereocenters. The number of aromatic carboxylic acids is 1. The predicted molar refractivity (Wildman–Crippen MR) is 71.3 cm³/mol. The van der Waals surface area contributed by atoms with Crippen molar-refractivity contribution in [2.75, 3.05) is 5.32 Å². The lowest BCUT2D eigenvalue weighted by molar-refractivity contribution is 0.0696. The van der Waals surface area contributed by atoms with Crippen LogP contribution in [0.4, 0.5) is 10.5 Å². The van der Waals surface area contributed by atoms with Gasteiger partial charge in [-0.3, -0.25) is 9.97 Å². The molecule has 0 aromatic carbocycles. The smallest absolute Gasteiger partial charge is 0.337 e. The van der Waals surface area contributed by atoms with E-state index >= 15 is 0 Å². The van der Waals surface area contributed by atoms with E-state index in [0.29, 0.717) is 12.2 Å². The number of urea groups is 1. The van der Waals surface area contributed by atoms with Gasteiger partial charge in [-0.1, -0.05) is 6.07 Å². The van der Waals surface area contributed by atoms with Crippen LogP contribution in [0.2, 0.25) is 0 Å². The number of carboxylic acid groups (broad SMARTS) is 1. The first-order chi connectivity index (χ1) is 9.65. The zero-order valence-electron chi connectivity index (χ0n) is 10.4. The molecule has 0 aliphatic rings. The summed E-state index contributed by atoms with van der Waals surface area (Å²) in [4.78, 5) is 30.1. The minimum absolute atomic E-state index is 0.00931. The molecule has 3 N–H and O–H groups in total. The Labute approximate surface area is 114 Å². The van der Waals surface area contributed by atoms with E-state index in [-0.39, 0.29) is 5.56 Å². The summed E-state index contributed by atoms with van der Waals surface area (Å²) in [5.74, 6) is -1.10. The number of anilines is 1. The van der Waals surface area contributed by atoms with Gasteiger partial charge >= 0.3 is 12.0 Å². The van der Waals surface area contributed by atoms with Crippen LogP contribution < -0.4 is 10.6 Å². The lowest BCUT2D eigenvalue weighted by atomic mass is 10.2. The van der Waals surface area contributed by atoms with Crippen LogP contribution in [0.3, 0.4) is 0 Å². The van der Waals surface area contributed by atoms with Gasteiger partial charge in [-0.25, -0.2) is 9.59 Å². The quantitative estimate of drug-likeness (QED) is 0.782. The van der Waals surface area contributed by atoms with E-state index in [1.165, 1.54) is 18.5 Å². The van der Waals surface area contributed by atoms with Crippen molar-refractivity contribution in [2.45, 2.75) is 6.54 Å². The Morgan fingerprint density at radius 1 is 1.20 bits per heavy atom. The number of nitrogens with one attached hydrogen (secondary N) is 2. The number of aromatic nitrogens is 2. The first-order valence-corrected chi connectivity index (χ1v) is 5.77. The van der Waals surface area contributed by atoms with Crippen LogP contribution in [-0.2, 0) is 6.54 Å². The number of amides is 2. The number of carbonyl (C=O) groups excluding carboxylic acids is 1. The molecule has 0 aliphatic heterocycles. The van der Waals surface area contributed by atoms with E-state index in [2.05, 4.69) is 20.6 Å². The molecule has 0 bridgehead atoms. The summed E-state index contributed by atoms with van der Waals surface area (Å²) in [5.41, 5.74) is 1.18. The van der Waals surface area contributed by atoms with Crippen LogP contribution in [0.25, 0.3) is 0 Å². The fourth-order valence-corrected chi connectivity index (χ4v) is 1.49. The van der Waals surface area contributed by atoms with E-state index in [9.17, 15) is 9.59 Å². The molecule has 7 nitrogen and oxygen atoms in total. The molecule has 20 heavy (non-hydrogen) atoms. The molecule has 0 radical (unpaired) electrons. The van der Waals surface area contributed by atoms with Crippen LogP contribution in [0.15, 0.2) is 43.0 Å². The summed E-state index contributed by atoms with van der Waals surface area (Å²) in [6.07, 6.45) is 5.87. The third-order valence-electron chi connectivity index (χ3n) is 2.42. The Morgan fingerprint density at radius 2 is 2.05 bits per heavy atom. The van der Waals surface area contributed by atoms with E-state index in [1.54, 1.807) is 18.5 Å². The monoisotopic (exact) mass is 272 g/mol. The number of hydrogen-bond donors (Lipinski definition) is 3. The van der Waals surface area contributed by atoms with Crippen molar-refractivity contribution in [2.24, 2.45) is 0 Å². The number of carbonyl (C=O) groups is 2. The van der Waals surface area contributed by atoms with Crippen LogP contribution in [-0.4, -0.2) is 27.1 Å². The molecule has 2 rings (SSSR count). The average Bonchev–Trinajstić information content (AvgIpc) is 2.46. The van der Waals surface area contributed by atoms with Crippen LogP contribution in [0.5, 0.6) is 0 Å². The zero-order chi connectivity index (χ0) is 14.4. The van der Waals surface area contributed by atoms with Crippen molar-refractivity contribution in [3.05, 3.63) is 54.1 Å². The van der Waals surface area contributed by atoms with Gasteiger partial charge in [0, 0.05) is 25.1 Å². The van der Waals surface area contributed by atoms with Gasteiger partial charge in [0.1, 0.15) is 0 Å². The molecule has 0 spiro atoms. The van der Waals surface area contributed by atoms with Gasteiger partial charge in [0.05, 0.1) is 17.4 Å². The van der Waals surface area contributed by atoms with Gasteiger partial charge in [-0.05, 0) is 17.7 Å². The summed E-state index contributed by atoms with van der Waals surface area (Å²) < 4.78 is 0. The van der Waals surface area contributed by atoms with Crippen molar-refractivity contribution < 1.29 is 14.7 Å². The molecule has 7 heteroatoms. The molecule has 2 aromatic rings. The molecule has 2 heterocycles. The van der Waals surface area contributed by atoms with Crippen molar-refractivity contribution >= 4 is 17.7 Å². The molecular formula is C13H12N4O3. The van der Waals surface area contributed by atoms with Gasteiger partial charge in [0.25, 0.3) is 0 Å². The van der Waals surface area contributed by atoms with E-state index in [1.807, 2.05) is 6.07 Å². The number of carboxylic acids is 1. The summed E-state index contributed by atoms with van der Waals surface area (Å²) >= 11 is 0. The molecule has 102 valence electrons. The first-order valence-electron chi connectivity index (χ1n) is 5.77. The minimum atomic E-state index is -1.10. The summed E-state index contributed by atoms with van der Waals surface area (Å²) in [6.45, 7) is 0.325. The second kappa shape index (κ2) is 6.28. The molecule has 0 aliphatic carbocycles. The SMILES string of the molecule is O=C(NCc1cccnc1)Nc1cncc(C(=O)O)c1. The highest BCUT2D eigenvalue weighted by Crippen LogP contribution is 2.08. The Bertz CT molecular complexity index is 616. The maximum atomic E-state index is 11.6. The van der Waals surface area contributed by atoms with E-state index in [0.717, 1.165) is 5.56 Å². The van der Waals surface area contributed by atoms with Gasteiger partial charge in [0.15, 0.2) is 0 Å². The van der Waals surface area contributed by atoms with E-state index in [4.69, 9.17) is 5.11 Å². The van der Waals surface area contributed by atoms with Crippen molar-refractivity contribution in [3.8, 4) is 0 Å². The van der Waals surface area contributed by atoms with Gasteiger partial charge in [-0.2, -0.15) is 0 Å². The van der Waals surface area contributed by atoms with Crippen molar-refractivity contribution in [3.63, 3.8) is 0 Å². The zero-order valence-corrected chi connectivity index (χ0v) is 10.4. The third kappa shape index (κ3) is 3.77. The fourth-order valence-electron chi connectivity index (χ4n) is 1.49. The summed E-state index contributed by atoms with van der Waals surface area (Å²) in [6, 6.07) is 4.49. The number of nitrogens with zero attached hydrogens (tertiary/aromatic N) is 2. The maximum absolute atomic E-state index is 11.6. The Kier molecular flexibility index (Phi) is 4.23. The minimum Gasteiger partial charge on any atom is -0.478 e. The Hall–Kier alpha value is -2.96. The predicted octanol–water partition coefficient (Wildman–Crippen LogP) is 1.50. The highest BCUT2D eigenvalue weighted by Gasteiger charge is 2.06. The largest absolute Gasteiger partial charge is 0.478 e. The number of rotatable bonds is 4. The normalized spacial score (nSPS) is 9.80. The lowest BCUT2D eigenvalue weighted by Gasteiger charge is -2.07. The molecule has 2 amide bonds. The van der Waals surface area contributed by atoms with Gasteiger partial charge in [0.2, 0.25) is 0 Å². The molecule has 0 fully saturated rings. The van der Waals surface area contributed by atoms with Gasteiger partial charge < -0.3 is 15.7 Å². The summed E-state index contributed by atoms with van der Waals surface area (Å²) in [7, 11) is 0. The highest BCUT2D eigenvalue weighted by atomic mass is 16.4. The third-order valence-corrected chi connectivity index (χ3v) is 2.42. The molecular weight excluding hydrogens is 260 g/mol. The topological polar surface area (TPSA) is 104 Å². The first kappa shape index (κ1) is 13.5. The summed E-state index contributed by atoms with van der Waals surface area (Å²) in [5, 5.41) is 14.0. The van der Waals surface area contributed by atoms with Crippen molar-refractivity contribution in [1.29, 1.82) is 0 Å². The van der Waals surface area contributed by atoms with Gasteiger partial charge in [-0.15, -0.1) is 0 Å². The lowest BCUT2D eigenvalue weighted by Crippen LogP contribution is -2.28. The maximum Gasteiger partial charge on any atom is 0.337 e. The average molecular weight is 272 g/mol. The van der Waals surface area contributed by atoms with Crippen molar-refractivity contribution in [1.82, 2.24) is 15.3 Å². The van der Waals surface area contributed by atoms with Crippen LogP contribution in [0.1, 0.15) is 15.9 Å². The second-order valence-electron chi connectivity index (χ2n) is 3.94. The van der Waals surface area contributed by atoms with E-state index < -0.39 is 12.0 Å². The highest BCUT2D eigenvalue weighted by molar-refractivity contribution is 5.92. The van der Waals surface area contributed by atoms with Crippen LogP contribution in [0, 0.1) is 0 Å². The molecule has 0 saturated heterocycles. The standard InChI is InChI=1S/C13H12N4O3/c18-12(19)10-4-11(8-15-7-10)17-13(20)16-6-9-2-1-3-14-5-9/h1-5,7-8H,6H2,(H,18,19)(H2,16,17,20). The Balaban J connectivity index is 1.91. The molecule has 2 aromatic heterocycles. The second-order valence-corrected chi connectivity index (χ2v) is 3.94. The fraction of sp³-hybridized carbons (Fsp3) is 0.0769.